The third-order valence-electron chi connectivity index (χ3n) is 4.30. The van der Waals surface area contributed by atoms with Gasteiger partial charge in [0.15, 0.2) is 6.61 Å². The van der Waals surface area contributed by atoms with Crippen LogP contribution >= 0.6 is 0 Å². The number of methoxy groups -OCH3 is 2. The van der Waals surface area contributed by atoms with Gasteiger partial charge < -0.3 is 19.5 Å². The first-order valence-corrected chi connectivity index (χ1v) is 9.15. The first-order chi connectivity index (χ1) is 13.9. The van der Waals surface area contributed by atoms with E-state index in [0.717, 1.165) is 0 Å². The molecule has 0 bridgehead atoms. The van der Waals surface area contributed by atoms with Gasteiger partial charge in [0.1, 0.15) is 17.5 Å². The van der Waals surface area contributed by atoms with Gasteiger partial charge in [-0.3, -0.25) is 9.59 Å². The summed E-state index contributed by atoms with van der Waals surface area (Å²) in [5.74, 6) is -0.841. The number of ether oxygens (including phenoxy) is 3. The van der Waals surface area contributed by atoms with Gasteiger partial charge in [0.25, 0.3) is 5.91 Å². The lowest BCUT2D eigenvalue weighted by atomic mass is 10.0. The number of carbonyl (C=O) groups excluding carboxylic acids is 3. The van der Waals surface area contributed by atoms with Crippen LogP contribution in [0.15, 0.2) is 48.5 Å². The number of rotatable bonds is 9. The molecule has 7 nitrogen and oxygen atoms in total. The highest BCUT2D eigenvalue weighted by Gasteiger charge is 2.27. The van der Waals surface area contributed by atoms with E-state index in [2.05, 4.69) is 5.32 Å². The van der Waals surface area contributed by atoms with E-state index in [0.29, 0.717) is 17.1 Å². The molecule has 0 spiro atoms. The minimum Gasteiger partial charge on any atom is -0.497 e. The lowest BCUT2D eigenvalue weighted by molar-refractivity contribution is -0.145. The van der Waals surface area contributed by atoms with Crippen molar-refractivity contribution >= 4 is 17.7 Å². The van der Waals surface area contributed by atoms with Crippen LogP contribution in [0.2, 0.25) is 0 Å². The first-order valence-electron chi connectivity index (χ1n) is 9.15. The molecule has 0 saturated heterocycles. The number of esters is 1. The van der Waals surface area contributed by atoms with Crippen molar-refractivity contribution in [2.45, 2.75) is 19.9 Å². The zero-order valence-electron chi connectivity index (χ0n) is 16.9. The van der Waals surface area contributed by atoms with Crippen molar-refractivity contribution in [3.05, 3.63) is 59.7 Å². The Balaban J connectivity index is 2.03. The Morgan fingerprint density at radius 1 is 0.966 bits per heavy atom. The lowest BCUT2D eigenvalue weighted by Gasteiger charge is -2.21. The van der Waals surface area contributed by atoms with E-state index < -0.39 is 24.4 Å². The Hall–Kier alpha value is -3.35. The van der Waals surface area contributed by atoms with Crippen molar-refractivity contribution in [3.8, 4) is 11.5 Å². The fourth-order valence-electron chi connectivity index (χ4n) is 2.64. The summed E-state index contributed by atoms with van der Waals surface area (Å²) in [6, 6.07) is 12.4. The van der Waals surface area contributed by atoms with Crippen LogP contribution in [-0.2, 0) is 9.53 Å². The molecular weight excluding hydrogens is 374 g/mol. The molecule has 1 atom stereocenters. The van der Waals surface area contributed by atoms with E-state index in [-0.39, 0.29) is 17.4 Å². The number of hydrogen-bond acceptors (Lipinski definition) is 6. The second kappa shape index (κ2) is 10.3. The minimum absolute atomic E-state index is 0.221. The Bertz CT molecular complexity index is 863. The second-order valence-electron chi connectivity index (χ2n) is 6.66. The van der Waals surface area contributed by atoms with Crippen LogP contribution in [0.3, 0.4) is 0 Å². The van der Waals surface area contributed by atoms with Crippen molar-refractivity contribution in [2.24, 2.45) is 5.92 Å². The molecule has 1 amide bonds. The van der Waals surface area contributed by atoms with E-state index in [4.69, 9.17) is 14.2 Å². The number of benzene rings is 2. The van der Waals surface area contributed by atoms with Crippen molar-refractivity contribution in [3.63, 3.8) is 0 Å². The maximum Gasteiger partial charge on any atom is 0.329 e. The molecule has 0 radical (unpaired) electrons. The second-order valence-corrected chi connectivity index (χ2v) is 6.66. The van der Waals surface area contributed by atoms with Gasteiger partial charge in [-0.15, -0.1) is 0 Å². The maximum atomic E-state index is 12.5. The largest absolute Gasteiger partial charge is 0.497 e. The van der Waals surface area contributed by atoms with Gasteiger partial charge in [-0.1, -0.05) is 32.0 Å². The van der Waals surface area contributed by atoms with E-state index in [9.17, 15) is 14.4 Å². The highest BCUT2D eigenvalue weighted by Crippen LogP contribution is 2.25. The Labute approximate surface area is 170 Å². The fraction of sp³-hybridized carbons (Fsp3) is 0.318. The van der Waals surface area contributed by atoms with Crippen molar-refractivity contribution in [1.29, 1.82) is 0 Å². The predicted molar refractivity (Wildman–Crippen MR) is 107 cm³/mol. The van der Waals surface area contributed by atoms with Gasteiger partial charge in [0.2, 0.25) is 5.78 Å². The minimum atomic E-state index is -0.881. The third kappa shape index (κ3) is 5.81. The molecule has 0 aliphatic carbocycles. The zero-order chi connectivity index (χ0) is 21.4. The van der Waals surface area contributed by atoms with Crippen LogP contribution in [-0.4, -0.2) is 44.5 Å². The SMILES string of the molecule is COc1ccc(C(=O)COC(=O)C(NC(=O)c2ccccc2)C(C)C)c(OC)c1. The smallest absolute Gasteiger partial charge is 0.329 e. The molecule has 2 aromatic carbocycles. The molecule has 154 valence electrons. The topological polar surface area (TPSA) is 90.9 Å². The van der Waals surface area contributed by atoms with Crippen LogP contribution in [0.4, 0.5) is 0 Å². The zero-order valence-corrected chi connectivity index (χ0v) is 16.9. The average molecular weight is 399 g/mol. The summed E-state index contributed by atoms with van der Waals surface area (Å²) in [6.07, 6.45) is 0. The molecule has 7 heteroatoms. The van der Waals surface area contributed by atoms with Gasteiger partial charge in [-0.25, -0.2) is 4.79 Å². The van der Waals surface area contributed by atoms with Gasteiger partial charge in [0.05, 0.1) is 19.8 Å². The molecule has 0 aliphatic heterocycles. The van der Waals surface area contributed by atoms with Crippen LogP contribution < -0.4 is 14.8 Å². The normalized spacial score (nSPS) is 11.5. The Morgan fingerprint density at radius 3 is 2.24 bits per heavy atom. The highest BCUT2D eigenvalue weighted by molar-refractivity contribution is 6.01. The number of hydrogen-bond donors (Lipinski definition) is 1. The van der Waals surface area contributed by atoms with Crippen LogP contribution in [0, 0.1) is 5.92 Å². The average Bonchev–Trinajstić information content (AvgIpc) is 2.75. The maximum absolute atomic E-state index is 12.5. The van der Waals surface area contributed by atoms with Gasteiger partial charge >= 0.3 is 5.97 Å². The van der Waals surface area contributed by atoms with E-state index >= 15 is 0 Å². The summed E-state index contributed by atoms with van der Waals surface area (Å²) in [5, 5.41) is 2.67. The van der Waals surface area contributed by atoms with Crippen molar-refractivity contribution in [2.75, 3.05) is 20.8 Å². The number of ketones is 1. The van der Waals surface area contributed by atoms with E-state index in [1.165, 1.54) is 14.2 Å². The molecule has 0 saturated carbocycles. The molecule has 2 rings (SSSR count). The summed E-state index contributed by atoms with van der Waals surface area (Å²) in [6.45, 7) is 3.10. The number of nitrogens with one attached hydrogen (secondary N) is 1. The number of amides is 1. The summed E-state index contributed by atoms with van der Waals surface area (Å²) in [4.78, 5) is 37.3. The monoisotopic (exact) mass is 399 g/mol. The lowest BCUT2D eigenvalue weighted by Crippen LogP contribution is -2.45. The summed E-state index contributed by atoms with van der Waals surface area (Å²) in [7, 11) is 2.94. The Morgan fingerprint density at radius 2 is 1.66 bits per heavy atom. The van der Waals surface area contributed by atoms with Crippen molar-refractivity contribution < 1.29 is 28.6 Å². The third-order valence-corrected chi connectivity index (χ3v) is 4.30. The molecule has 0 heterocycles. The van der Waals surface area contributed by atoms with Gasteiger partial charge in [-0.05, 0) is 30.2 Å². The summed E-state index contributed by atoms with van der Waals surface area (Å²) < 4.78 is 15.5. The fourth-order valence-corrected chi connectivity index (χ4v) is 2.64. The van der Waals surface area contributed by atoms with Crippen LogP contribution in [0.1, 0.15) is 34.6 Å². The molecule has 0 aromatic heterocycles. The summed E-state index contributed by atoms with van der Waals surface area (Å²) in [5.41, 5.74) is 0.709. The molecule has 1 N–H and O–H groups in total. The van der Waals surface area contributed by atoms with E-state index in [1.54, 1.807) is 62.4 Å². The van der Waals surface area contributed by atoms with Crippen molar-refractivity contribution in [1.82, 2.24) is 5.32 Å². The van der Waals surface area contributed by atoms with E-state index in [1.807, 2.05) is 0 Å². The van der Waals surface area contributed by atoms with Crippen LogP contribution in [0.5, 0.6) is 11.5 Å². The standard InChI is InChI=1S/C22H25NO6/c1-14(2)20(23-21(25)15-8-6-5-7-9-15)22(26)29-13-18(24)17-11-10-16(27-3)12-19(17)28-4/h5-12,14,20H,13H2,1-4H3,(H,23,25). The molecule has 1 unspecified atom stereocenters. The predicted octanol–water partition coefficient (Wildman–Crippen LogP) is 2.88. The Kier molecular flexibility index (Phi) is 7.77. The molecule has 2 aromatic rings. The highest BCUT2D eigenvalue weighted by atomic mass is 16.5. The molecular formula is C22H25NO6. The van der Waals surface area contributed by atoms with Gasteiger partial charge in [0, 0.05) is 11.6 Å². The first kappa shape index (κ1) is 21.9. The van der Waals surface area contributed by atoms with Gasteiger partial charge in [-0.2, -0.15) is 0 Å². The quantitative estimate of drug-likeness (QED) is 0.515. The summed E-state index contributed by atoms with van der Waals surface area (Å²) >= 11 is 0. The van der Waals surface area contributed by atoms with Crippen LogP contribution in [0.25, 0.3) is 0 Å². The number of carbonyl (C=O) groups is 3. The number of Topliss-reactive ketones (excluding diaryl/α,β-unsaturated/α-hetero) is 1. The molecule has 0 fully saturated rings. The molecule has 29 heavy (non-hydrogen) atoms. The molecule has 0 aliphatic rings.